The Labute approximate surface area is 146 Å². The highest BCUT2D eigenvalue weighted by atomic mass is 16.5. The van der Waals surface area contributed by atoms with Crippen LogP contribution in [0.4, 0.5) is 5.69 Å². The zero-order valence-corrected chi connectivity index (χ0v) is 13.7. The molecule has 25 heavy (non-hydrogen) atoms. The van der Waals surface area contributed by atoms with Gasteiger partial charge in [0.2, 0.25) is 0 Å². The predicted octanol–water partition coefficient (Wildman–Crippen LogP) is 4.19. The van der Waals surface area contributed by atoms with Gasteiger partial charge in [0.25, 0.3) is 5.91 Å². The number of methoxy groups -OCH3 is 1. The smallest absolute Gasteiger partial charge is 0.337 e. The van der Waals surface area contributed by atoms with Crippen LogP contribution in [0.25, 0.3) is 11.1 Å². The lowest BCUT2D eigenvalue weighted by Crippen LogP contribution is -2.13. The number of anilines is 1. The number of carbonyl (C=O) groups excluding carboxylic acids is 2. The van der Waals surface area contributed by atoms with Crippen LogP contribution in [0.3, 0.4) is 0 Å². The van der Waals surface area contributed by atoms with Crippen molar-refractivity contribution < 1.29 is 14.3 Å². The van der Waals surface area contributed by atoms with Gasteiger partial charge in [0.15, 0.2) is 0 Å². The summed E-state index contributed by atoms with van der Waals surface area (Å²) in [6.07, 6.45) is 0. The van der Waals surface area contributed by atoms with Crippen molar-refractivity contribution in [1.29, 1.82) is 0 Å². The van der Waals surface area contributed by atoms with Crippen LogP contribution in [0, 0.1) is 6.07 Å². The van der Waals surface area contributed by atoms with E-state index >= 15 is 0 Å². The quantitative estimate of drug-likeness (QED) is 0.730. The number of esters is 1. The zero-order chi connectivity index (χ0) is 17.6. The molecule has 0 aromatic heterocycles. The first-order valence-electron chi connectivity index (χ1n) is 7.74. The van der Waals surface area contributed by atoms with Crippen LogP contribution >= 0.6 is 0 Å². The van der Waals surface area contributed by atoms with Gasteiger partial charge in [0, 0.05) is 16.8 Å². The van der Waals surface area contributed by atoms with E-state index in [-0.39, 0.29) is 5.91 Å². The van der Waals surface area contributed by atoms with Crippen LogP contribution in [0.2, 0.25) is 0 Å². The molecular weight excluding hydrogens is 314 g/mol. The van der Waals surface area contributed by atoms with Gasteiger partial charge < -0.3 is 10.1 Å². The van der Waals surface area contributed by atoms with Crippen LogP contribution in [0.15, 0.2) is 72.8 Å². The van der Waals surface area contributed by atoms with Gasteiger partial charge in [-0.1, -0.05) is 42.5 Å². The summed E-state index contributed by atoms with van der Waals surface area (Å²) in [5.41, 5.74) is 3.51. The van der Waals surface area contributed by atoms with E-state index in [2.05, 4.69) is 16.1 Å². The second-order valence-electron chi connectivity index (χ2n) is 5.36. The van der Waals surface area contributed by atoms with Gasteiger partial charge in [-0.25, -0.2) is 4.79 Å². The second-order valence-corrected chi connectivity index (χ2v) is 5.36. The normalized spacial score (nSPS) is 10.1. The fourth-order valence-corrected chi connectivity index (χ4v) is 2.48. The number of para-hydroxylation sites is 1. The van der Waals surface area contributed by atoms with E-state index in [1.54, 1.807) is 24.3 Å². The van der Waals surface area contributed by atoms with Gasteiger partial charge in [-0.15, -0.1) is 0 Å². The van der Waals surface area contributed by atoms with Gasteiger partial charge in [-0.3, -0.25) is 4.79 Å². The Morgan fingerprint density at radius 3 is 2.20 bits per heavy atom. The van der Waals surface area contributed by atoms with E-state index in [0.29, 0.717) is 11.1 Å². The van der Waals surface area contributed by atoms with Crippen molar-refractivity contribution in [3.05, 3.63) is 90.0 Å². The fraction of sp³-hybridized carbons (Fsp3) is 0.0476. The first-order chi connectivity index (χ1) is 12.2. The van der Waals surface area contributed by atoms with Crippen LogP contribution < -0.4 is 5.32 Å². The van der Waals surface area contributed by atoms with Crippen molar-refractivity contribution in [2.75, 3.05) is 12.4 Å². The molecule has 1 N–H and O–H groups in total. The van der Waals surface area contributed by atoms with E-state index in [9.17, 15) is 9.59 Å². The van der Waals surface area contributed by atoms with E-state index in [1.807, 2.05) is 48.5 Å². The molecule has 3 aromatic carbocycles. The molecule has 0 aliphatic rings. The van der Waals surface area contributed by atoms with Crippen molar-refractivity contribution in [1.82, 2.24) is 0 Å². The highest BCUT2D eigenvalue weighted by molar-refractivity contribution is 6.06. The summed E-state index contributed by atoms with van der Waals surface area (Å²) in [6.45, 7) is 0. The van der Waals surface area contributed by atoms with Gasteiger partial charge in [0.05, 0.1) is 12.7 Å². The summed E-state index contributed by atoms with van der Waals surface area (Å²) in [6, 6.07) is 24.5. The molecule has 0 aliphatic carbocycles. The highest BCUT2D eigenvalue weighted by Crippen LogP contribution is 2.27. The van der Waals surface area contributed by atoms with E-state index in [0.717, 1.165) is 16.8 Å². The van der Waals surface area contributed by atoms with Gasteiger partial charge in [-0.05, 0) is 42.0 Å². The van der Waals surface area contributed by atoms with Crippen LogP contribution in [0.5, 0.6) is 0 Å². The number of hydrogen-bond acceptors (Lipinski definition) is 3. The number of ether oxygens (including phenoxy) is 1. The Bertz CT molecular complexity index is 887. The predicted molar refractivity (Wildman–Crippen MR) is 96.4 cm³/mol. The molecule has 0 saturated heterocycles. The first-order valence-corrected chi connectivity index (χ1v) is 7.74. The number of rotatable bonds is 4. The maximum absolute atomic E-state index is 12.5. The Morgan fingerprint density at radius 2 is 1.52 bits per heavy atom. The molecule has 0 unspecified atom stereocenters. The molecule has 0 saturated carbocycles. The topological polar surface area (TPSA) is 55.4 Å². The van der Waals surface area contributed by atoms with Crippen LogP contribution in [-0.4, -0.2) is 19.0 Å². The molecular formula is C21H16NO3. The lowest BCUT2D eigenvalue weighted by Gasteiger charge is -2.11. The standard InChI is InChI=1S/C21H16NO3/c1-25-21(24)17-13-11-16(12-14-17)20(23)22-19-10-6-5-9-18(19)15-7-3-2-4-8-15/h3-14H,1H3,(H,22,23). The van der Waals surface area contributed by atoms with Gasteiger partial charge >= 0.3 is 5.97 Å². The minimum atomic E-state index is -0.432. The third-order valence-electron chi connectivity index (χ3n) is 3.77. The minimum absolute atomic E-state index is 0.244. The molecule has 123 valence electrons. The van der Waals surface area contributed by atoms with Crippen LogP contribution in [-0.2, 0) is 4.74 Å². The van der Waals surface area contributed by atoms with Gasteiger partial charge in [0.1, 0.15) is 0 Å². The summed E-state index contributed by atoms with van der Waals surface area (Å²) >= 11 is 0. The molecule has 3 aromatic rings. The molecule has 0 fully saturated rings. The van der Waals surface area contributed by atoms with Crippen molar-refractivity contribution in [2.24, 2.45) is 0 Å². The average Bonchev–Trinajstić information content (AvgIpc) is 2.68. The SMILES string of the molecule is COC(=O)c1ccc(C(=O)Nc2ccccc2-c2cc[c]cc2)cc1. The molecule has 0 aliphatic heterocycles. The van der Waals surface area contributed by atoms with Crippen molar-refractivity contribution in [3.63, 3.8) is 0 Å². The van der Waals surface area contributed by atoms with Crippen molar-refractivity contribution in [3.8, 4) is 11.1 Å². The molecule has 0 spiro atoms. The molecule has 0 heterocycles. The zero-order valence-electron chi connectivity index (χ0n) is 13.7. The van der Waals surface area contributed by atoms with Crippen LogP contribution in [0.1, 0.15) is 20.7 Å². The number of carbonyl (C=O) groups is 2. The lowest BCUT2D eigenvalue weighted by atomic mass is 10.0. The monoisotopic (exact) mass is 330 g/mol. The van der Waals surface area contributed by atoms with Crippen molar-refractivity contribution in [2.45, 2.75) is 0 Å². The highest BCUT2D eigenvalue weighted by Gasteiger charge is 2.11. The Morgan fingerprint density at radius 1 is 0.880 bits per heavy atom. The fourth-order valence-electron chi connectivity index (χ4n) is 2.48. The summed E-state index contributed by atoms with van der Waals surface area (Å²) < 4.78 is 4.65. The third kappa shape index (κ3) is 3.75. The lowest BCUT2D eigenvalue weighted by molar-refractivity contribution is 0.0600. The molecule has 1 radical (unpaired) electrons. The molecule has 0 atom stereocenters. The Hall–Kier alpha value is -3.40. The maximum atomic E-state index is 12.5. The largest absolute Gasteiger partial charge is 0.465 e. The molecule has 3 rings (SSSR count). The number of hydrogen-bond donors (Lipinski definition) is 1. The number of nitrogens with one attached hydrogen (secondary N) is 1. The number of benzene rings is 3. The summed E-state index contributed by atoms with van der Waals surface area (Å²) in [4.78, 5) is 24.0. The third-order valence-corrected chi connectivity index (χ3v) is 3.77. The molecule has 0 bridgehead atoms. The summed E-state index contributed by atoms with van der Waals surface area (Å²) in [5.74, 6) is -0.676. The average molecular weight is 330 g/mol. The van der Waals surface area contributed by atoms with E-state index in [1.165, 1.54) is 7.11 Å². The number of amides is 1. The van der Waals surface area contributed by atoms with E-state index < -0.39 is 5.97 Å². The van der Waals surface area contributed by atoms with Crippen molar-refractivity contribution >= 4 is 17.6 Å². The second kappa shape index (κ2) is 7.45. The Balaban J connectivity index is 1.83. The first kappa shape index (κ1) is 16.5. The molecule has 4 heteroatoms. The summed E-state index contributed by atoms with van der Waals surface area (Å²) in [5, 5.41) is 2.92. The van der Waals surface area contributed by atoms with E-state index in [4.69, 9.17) is 0 Å². The Kier molecular flexibility index (Phi) is 4.90. The maximum Gasteiger partial charge on any atom is 0.337 e. The molecule has 1 amide bonds. The minimum Gasteiger partial charge on any atom is -0.465 e. The summed E-state index contributed by atoms with van der Waals surface area (Å²) in [7, 11) is 1.32. The molecule has 4 nitrogen and oxygen atoms in total. The van der Waals surface area contributed by atoms with Gasteiger partial charge in [-0.2, -0.15) is 0 Å².